The molecule has 0 saturated heterocycles. The van der Waals surface area contributed by atoms with Gasteiger partial charge in [0.15, 0.2) is 0 Å². The second-order valence-corrected chi connectivity index (χ2v) is 4.98. The lowest BCUT2D eigenvalue weighted by Gasteiger charge is -2.06. The molecule has 1 aromatic heterocycles. The Bertz CT molecular complexity index is 594. The van der Waals surface area contributed by atoms with E-state index >= 15 is 0 Å². The molecule has 102 valence electrons. The third-order valence-corrected chi connectivity index (χ3v) is 3.08. The number of nitrogens with zero attached hydrogens (tertiary/aromatic N) is 1. The SMILES string of the molecule is C=CCNc1ccc(NC(=O)c2ccc(Br)cc2)cn1. The van der Waals surface area contributed by atoms with Gasteiger partial charge in [-0.2, -0.15) is 0 Å². The molecule has 20 heavy (non-hydrogen) atoms. The highest BCUT2D eigenvalue weighted by molar-refractivity contribution is 9.10. The summed E-state index contributed by atoms with van der Waals surface area (Å²) in [5, 5.41) is 5.86. The molecule has 0 atom stereocenters. The third kappa shape index (κ3) is 3.93. The number of anilines is 2. The minimum absolute atomic E-state index is 0.161. The van der Waals surface area contributed by atoms with Gasteiger partial charge in [0.05, 0.1) is 11.9 Å². The highest BCUT2D eigenvalue weighted by atomic mass is 79.9. The molecule has 0 aliphatic rings. The van der Waals surface area contributed by atoms with Crippen molar-refractivity contribution in [3.05, 3.63) is 65.3 Å². The molecule has 0 spiro atoms. The van der Waals surface area contributed by atoms with E-state index in [1.165, 1.54) is 0 Å². The molecule has 0 aliphatic carbocycles. The van der Waals surface area contributed by atoms with Gasteiger partial charge in [0.25, 0.3) is 5.91 Å². The van der Waals surface area contributed by atoms with Gasteiger partial charge in [0.2, 0.25) is 0 Å². The van der Waals surface area contributed by atoms with E-state index in [0.29, 0.717) is 17.8 Å². The lowest BCUT2D eigenvalue weighted by molar-refractivity contribution is 0.102. The second-order valence-electron chi connectivity index (χ2n) is 4.06. The number of nitrogens with one attached hydrogen (secondary N) is 2. The van der Waals surface area contributed by atoms with Gasteiger partial charge in [0, 0.05) is 16.6 Å². The molecule has 0 fully saturated rings. The van der Waals surface area contributed by atoms with Crippen LogP contribution in [0.25, 0.3) is 0 Å². The van der Waals surface area contributed by atoms with Crippen LogP contribution in [0, 0.1) is 0 Å². The normalized spacial score (nSPS) is 9.85. The Hall–Kier alpha value is -2.14. The lowest BCUT2D eigenvalue weighted by atomic mass is 10.2. The van der Waals surface area contributed by atoms with Crippen LogP contribution in [-0.4, -0.2) is 17.4 Å². The topological polar surface area (TPSA) is 54.0 Å². The van der Waals surface area contributed by atoms with Crippen molar-refractivity contribution < 1.29 is 4.79 Å². The molecule has 1 amide bonds. The van der Waals surface area contributed by atoms with Crippen molar-refractivity contribution in [3.8, 4) is 0 Å². The Morgan fingerprint density at radius 3 is 2.60 bits per heavy atom. The van der Waals surface area contributed by atoms with Gasteiger partial charge < -0.3 is 10.6 Å². The van der Waals surface area contributed by atoms with E-state index in [1.807, 2.05) is 12.1 Å². The van der Waals surface area contributed by atoms with Crippen molar-refractivity contribution in [2.75, 3.05) is 17.2 Å². The predicted octanol–water partition coefficient (Wildman–Crippen LogP) is 3.69. The number of carbonyl (C=O) groups is 1. The van der Waals surface area contributed by atoms with E-state index in [4.69, 9.17) is 0 Å². The highest BCUT2D eigenvalue weighted by Gasteiger charge is 2.05. The summed E-state index contributed by atoms with van der Waals surface area (Å²) in [5.41, 5.74) is 1.25. The number of hydrogen-bond acceptors (Lipinski definition) is 3. The van der Waals surface area contributed by atoms with Crippen LogP contribution in [0.4, 0.5) is 11.5 Å². The number of rotatable bonds is 5. The molecule has 1 aromatic carbocycles. The minimum Gasteiger partial charge on any atom is -0.367 e. The first-order valence-electron chi connectivity index (χ1n) is 6.07. The van der Waals surface area contributed by atoms with Gasteiger partial charge in [-0.1, -0.05) is 22.0 Å². The summed E-state index contributed by atoms with van der Waals surface area (Å²) in [6, 6.07) is 10.8. The average molecular weight is 332 g/mol. The quantitative estimate of drug-likeness (QED) is 0.821. The third-order valence-electron chi connectivity index (χ3n) is 2.56. The zero-order valence-corrected chi connectivity index (χ0v) is 12.4. The van der Waals surface area contributed by atoms with Crippen LogP contribution >= 0.6 is 15.9 Å². The molecule has 0 bridgehead atoms. The zero-order chi connectivity index (χ0) is 14.4. The van der Waals surface area contributed by atoms with Crippen LogP contribution in [0.1, 0.15) is 10.4 Å². The van der Waals surface area contributed by atoms with Gasteiger partial charge in [-0.15, -0.1) is 6.58 Å². The first-order chi connectivity index (χ1) is 9.69. The molecule has 4 nitrogen and oxygen atoms in total. The second kappa shape index (κ2) is 6.86. The van der Waals surface area contributed by atoms with E-state index in [1.54, 1.807) is 36.5 Å². The molecule has 2 rings (SSSR count). The van der Waals surface area contributed by atoms with Crippen molar-refractivity contribution in [2.24, 2.45) is 0 Å². The van der Waals surface area contributed by atoms with Crippen molar-refractivity contribution in [3.63, 3.8) is 0 Å². The number of aromatic nitrogens is 1. The zero-order valence-electron chi connectivity index (χ0n) is 10.8. The Morgan fingerprint density at radius 2 is 2.00 bits per heavy atom. The Morgan fingerprint density at radius 1 is 1.25 bits per heavy atom. The maximum atomic E-state index is 12.0. The van der Waals surface area contributed by atoms with Crippen LogP contribution in [0.3, 0.4) is 0 Å². The number of pyridine rings is 1. The van der Waals surface area contributed by atoms with Gasteiger partial charge in [-0.3, -0.25) is 4.79 Å². The molecule has 2 aromatic rings. The molecule has 0 aliphatic heterocycles. The fraction of sp³-hybridized carbons (Fsp3) is 0.0667. The van der Waals surface area contributed by atoms with Gasteiger partial charge in [0.1, 0.15) is 5.82 Å². The first kappa shape index (κ1) is 14.3. The number of benzene rings is 1. The predicted molar refractivity (Wildman–Crippen MR) is 85.0 cm³/mol. The fourth-order valence-electron chi connectivity index (χ4n) is 1.55. The van der Waals surface area contributed by atoms with E-state index in [-0.39, 0.29) is 5.91 Å². The van der Waals surface area contributed by atoms with E-state index in [0.717, 1.165) is 10.3 Å². The van der Waals surface area contributed by atoms with Crippen molar-refractivity contribution in [1.82, 2.24) is 4.98 Å². The Balaban J connectivity index is 2.00. The smallest absolute Gasteiger partial charge is 0.255 e. The van der Waals surface area contributed by atoms with Gasteiger partial charge >= 0.3 is 0 Å². The molecule has 0 saturated carbocycles. The monoisotopic (exact) mass is 331 g/mol. The largest absolute Gasteiger partial charge is 0.367 e. The van der Waals surface area contributed by atoms with Crippen LogP contribution in [0.5, 0.6) is 0 Å². The minimum atomic E-state index is -0.161. The Kier molecular flexibility index (Phi) is 4.90. The summed E-state index contributed by atoms with van der Waals surface area (Å²) in [4.78, 5) is 16.2. The summed E-state index contributed by atoms with van der Waals surface area (Å²) in [6.45, 7) is 4.27. The molecule has 5 heteroatoms. The maximum Gasteiger partial charge on any atom is 0.255 e. The Labute approximate surface area is 126 Å². The van der Waals surface area contributed by atoms with E-state index in [2.05, 4.69) is 38.1 Å². The summed E-state index contributed by atoms with van der Waals surface area (Å²) >= 11 is 3.33. The van der Waals surface area contributed by atoms with Gasteiger partial charge in [-0.05, 0) is 36.4 Å². The first-order valence-corrected chi connectivity index (χ1v) is 6.86. The van der Waals surface area contributed by atoms with Crippen LogP contribution < -0.4 is 10.6 Å². The number of amides is 1. The van der Waals surface area contributed by atoms with Crippen LogP contribution in [-0.2, 0) is 0 Å². The van der Waals surface area contributed by atoms with Gasteiger partial charge in [-0.25, -0.2) is 4.98 Å². The molecular weight excluding hydrogens is 318 g/mol. The summed E-state index contributed by atoms with van der Waals surface area (Å²) in [7, 11) is 0. The molecule has 0 unspecified atom stereocenters. The average Bonchev–Trinajstić information content (AvgIpc) is 2.47. The fourth-order valence-corrected chi connectivity index (χ4v) is 1.82. The standard InChI is InChI=1S/C15H14BrN3O/c1-2-9-17-14-8-7-13(10-18-14)19-15(20)11-3-5-12(16)6-4-11/h2-8,10H,1,9H2,(H,17,18)(H,19,20). The van der Waals surface area contributed by atoms with Crippen molar-refractivity contribution in [1.29, 1.82) is 0 Å². The summed E-state index contributed by atoms with van der Waals surface area (Å²) in [5.74, 6) is 0.581. The number of carbonyl (C=O) groups excluding carboxylic acids is 1. The van der Waals surface area contributed by atoms with Crippen LogP contribution in [0.15, 0.2) is 59.7 Å². The molecular formula is C15H14BrN3O. The molecule has 0 radical (unpaired) electrons. The number of halogens is 1. The lowest BCUT2D eigenvalue weighted by Crippen LogP contribution is -2.12. The van der Waals surface area contributed by atoms with Crippen molar-refractivity contribution >= 4 is 33.3 Å². The number of hydrogen-bond donors (Lipinski definition) is 2. The van der Waals surface area contributed by atoms with E-state index < -0.39 is 0 Å². The summed E-state index contributed by atoms with van der Waals surface area (Å²) in [6.07, 6.45) is 3.37. The van der Waals surface area contributed by atoms with Crippen molar-refractivity contribution in [2.45, 2.75) is 0 Å². The maximum absolute atomic E-state index is 12.0. The van der Waals surface area contributed by atoms with E-state index in [9.17, 15) is 4.79 Å². The van der Waals surface area contributed by atoms with Crippen LogP contribution in [0.2, 0.25) is 0 Å². The summed E-state index contributed by atoms with van der Waals surface area (Å²) < 4.78 is 0.938. The highest BCUT2D eigenvalue weighted by Crippen LogP contribution is 2.14. The molecule has 2 N–H and O–H groups in total. The molecule has 1 heterocycles.